The number of primary amides is 1. The average molecular weight is 241 g/mol. The van der Waals surface area contributed by atoms with Crippen LogP contribution in [0.1, 0.15) is 5.56 Å². The molecule has 86 valence electrons. The summed E-state index contributed by atoms with van der Waals surface area (Å²) in [5.41, 5.74) is 5.55. The van der Waals surface area contributed by atoms with Crippen LogP contribution in [0.2, 0.25) is 0 Å². The minimum absolute atomic E-state index is 0.202. The van der Waals surface area contributed by atoms with Gasteiger partial charge in [0, 0.05) is 0 Å². The Balaban J connectivity index is 2.28. The fourth-order valence-electron chi connectivity index (χ4n) is 1.52. The molecule has 6 heteroatoms. The zero-order valence-electron chi connectivity index (χ0n) is 8.29. The summed E-state index contributed by atoms with van der Waals surface area (Å²) in [5, 5.41) is 0. The van der Waals surface area contributed by atoms with Crippen molar-refractivity contribution >= 4 is 22.8 Å². The van der Waals surface area contributed by atoms with Gasteiger partial charge in [-0.15, -0.1) is 10.6 Å². The maximum absolute atomic E-state index is 10.5. The van der Waals surface area contributed by atoms with Crippen molar-refractivity contribution in [3.05, 3.63) is 34.7 Å². The lowest BCUT2D eigenvalue weighted by Crippen LogP contribution is -2.15. The zero-order chi connectivity index (χ0) is 11.8. The van der Waals surface area contributed by atoms with E-state index in [4.69, 9.17) is 5.73 Å². The lowest BCUT2D eigenvalue weighted by molar-refractivity contribution is 0.168. The molecule has 1 heterocycles. The molecule has 1 aliphatic rings. The van der Waals surface area contributed by atoms with E-state index in [0.29, 0.717) is 4.90 Å². The quantitative estimate of drug-likeness (QED) is 0.740. The van der Waals surface area contributed by atoms with Crippen molar-refractivity contribution < 1.29 is 18.6 Å². The van der Waals surface area contributed by atoms with Crippen LogP contribution in [0.25, 0.3) is 6.08 Å². The van der Waals surface area contributed by atoms with E-state index in [1.54, 1.807) is 30.3 Å². The van der Waals surface area contributed by atoms with Crippen LogP contribution in [0.5, 0.6) is 0 Å². The molecule has 0 aromatic heterocycles. The maximum atomic E-state index is 10.5. The van der Waals surface area contributed by atoms with Gasteiger partial charge in [0.25, 0.3) is 0 Å². The Morgan fingerprint density at radius 2 is 2.06 bits per heavy atom. The summed E-state index contributed by atoms with van der Waals surface area (Å²) in [6, 6.07) is 6.92. The number of ether oxygens (including phenoxy) is 1. The van der Waals surface area contributed by atoms with E-state index in [1.807, 2.05) is 0 Å². The van der Waals surface area contributed by atoms with Gasteiger partial charge < -0.3 is 10.5 Å². The first-order valence-corrected chi connectivity index (χ1v) is 6.06. The fraction of sp³-hybridized carbons (Fsp3) is 0.100. The maximum Gasteiger partial charge on any atom is 0.404 e. The van der Waals surface area contributed by atoms with Crippen molar-refractivity contribution in [2.75, 3.05) is 6.61 Å². The highest BCUT2D eigenvalue weighted by Crippen LogP contribution is 2.61. The SMILES string of the molecule is NC(=O)OCC1=Cc2ccccc2S1(O)O. The van der Waals surface area contributed by atoms with Gasteiger partial charge in [0.05, 0.1) is 9.80 Å². The molecule has 0 saturated carbocycles. The van der Waals surface area contributed by atoms with Crippen LogP contribution < -0.4 is 5.73 Å². The molecule has 1 amide bonds. The second kappa shape index (κ2) is 3.82. The van der Waals surface area contributed by atoms with Gasteiger partial charge >= 0.3 is 6.09 Å². The van der Waals surface area contributed by atoms with E-state index in [9.17, 15) is 13.9 Å². The second-order valence-electron chi connectivity index (χ2n) is 3.31. The Morgan fingerprint density at radius 1 is 1.38 bits per heavy atom. The summed E-state index contributed by atoms with van der Waals surface area (Å²) in [6.45, 7) is -0.202. The van der Waals surface area contributed by atoms with Crippen molar-refractivity contribution in [2.24, 2.45) is 5.73 Å². The Hall–Kier alpha value is -1.50. The first kappa shape index (κ1) is 11.0. The van der Waals surface area contributed by atoms with Gasteiger partial charge in [-0.25, -0.2) is 4.79 Å². The van der Waals surface area contributed by atoms with Crippen molar-refractivity contribution in [3.8, 4) is 0 Å². The van der Waals surface area contributed by atoms with Crippen molar-refractivity contribution in [1.29, 1.82) is 0 Å². The monoisotopic (exact) mass is 241 g/mol. The summed E-state index contributed by atoms with van der Waals surface area (Å²) in [5.74, 6) is 0. The fourth-order valence-corrected chi connectivity index (χ4v) is 3.04. The first-order valence-electron chi connectivity index (χ1n) is 4.52. The van der Waals surface area contributed by atoms with Crippen molar-refractivity contribution in [2.45, 2.75) is 4.90 Å². The van der Waals surface area contributed by atoms with Crippen LogP contribution in [-0.2, 0) is 4.74 Å². The third-order valence-electron chi connectivity index (χ3n) is 2.26. The van der Waals surface area contributed by atoms with Crippen LogP contribution in [0.3, 0.4) is 0 Å². The molecule has 0 saturated heterocycles. The van der Waals surface area contributed by atoms with Crippen LogP contribution in [0.4, 0.5) is 4.79 Å². The molecule has 1 aliphatic heterocycles. The molecule has 0 fully saturated rings. The molecule has 0 atom stereocenters. The van der Waals surface area contributed by atoms with Gasteiger partial charge in [-0.05, 0) is 17.7 Å². The van der Waals surface area contributed by atoms with Gasteiger partial charge in [0.2, 0.25) is 0 Å². The number of carbonyl (C=O) groups excluding carboxylic acids is 1. The lowest BCUT2D eigenvalue weighted by atomic mass is 10.2. The third-order valence-corrected chi connectivity index (χ3v) is 4.22. The molecular weight excluding hydrogens is 230 g/mol. The Kier molecular flexibility index (Phi) is 2.63. The molecule has 0 bridgehead atoms. The standard InChI is InChI=1S/C10H11NO4S/c11-10(12)15-6-8-5-7-3-1-2-4-9(7)16(8,13)14/h1-5,13-14H,6H2,(H2,11,12). The normalized spacial score (nSPS) is 18.5. The number of hydrogen-bond acceptors (Lipinski definition) is 4. The molecule has 0 spiro atoms. The number of benzene rings is 1. The van der Waals surface area contributed by atoms with Crippen LogP contribution in [0.15, 0.2) is 34.1 Å². The zero-order valence-corrected chi connectivity index (χ0v) is 9.11. The van der Waals surface area contributed by atoms with Gasteiger partial charge in [-0.3, -0.25) is 9.11 Å². The number of hydrogen-bond donors (Lipinski definition) is 3. The van der Waals surface area contributed by atoms with Crippen molar-refractivity contribution in [1.82, 2.24) is 0 Å². The summed E-state index contributed by atoms with van der Waals surface area (Å²) in [6.07, 6.45) is 0.667. The van der Waals surface area contributed by atoms with E-state index >= 15 is 0 Å². The minimum atomic E-state index is -3.01. The second-order valence-corrected chi connectivity index (χ2v) is 5.37. The summed E-state index contributed by atoms with van der Waals surface area (Å²) >= 11 is 0. The Labute approximate surface area is 93.9 Å². The third kappa shape index (κ3) is 1.78. The van der Waals surface area contributed by atoms with Crippen LogP contribution in [0, 0.1) is 0 Å². The molecule has 2 rings (SSSR count). The molecule has 0 aliphatic carbocycles. The summed E-state index contributed by atoms with van der Waals surface area (Å²) < 4.78 is 24.5. The van der Waals surface area contributed by atoms with Crippen molar-refractivity contribution in [3.63, 3.8) is 0 Å². The molecule has 4 N–H and O–H groups in total. The van der Waals surface area contributed by atoms with E-state index in [1.165, 1.54) is 0 Å². The molecular formula is C10H11NO4S. The minimum Gasteiger partial charge on any atom is -0.443 e. The molecule has 0 unspecified atom stereocenters. The predicted molar refractivity (Wildman–Crippen MR) is 61.1 cm³/mol. The summed E-state index contributed by atoms with van der Waals surface area (Å²) in [4.78, 5) is 11.2. The Morgan fingerprint density at radius 3 is 2.69 bits per heavy atom. The van der Waals surface area contributed by atoms with E-state index < -0.39 is 16.7 Å². The molecule has 16 heavy (non-hydrogen) atoms. The van der Waals surface area contributed by atoms with Gasteiger partial charge in [-0.1, -0.05) is 18.2 Å². The number of amides is 1. The lowest BCUT2D eigenvalue weighted by Gasteiger charge is -2.30. The van der Waals surface area contributed by atoms with E-state index in [0.717, 1.165) is 5.56 Å². The average Bonchev–Trinajstić information content (AvgIpc) is 2.48. The van der Waals surface area contributed by atoms with Crippen LogP contribution >= 0.6 is 10.6 Å². The molecule has 5 nitrogen and oxygen atoms in total. The number of fused-ring (bicyclic) bond motifs is 1. The smallest absolute Gasteiger partial charge is 0.404 e. The summed E-state index contributed by atoms with van der Waals surface area (Å²) in [7, 11) is -3.01. The first-order chi connectivity index (χ1) is 7.51. The van der Waals surface area contributed by atoms with Gasteiger partial charge in [0.15, 0.2) is 0 Å². The van der Waals surface area contributed by atoms with Crippen LogP contribution in [-0.4, -0.2) is 21.8 Å². The molecule has 1 aromatic carbocycles. The molecule has 1 aromatic rings. The highest BCUT2D eigenvalue weighted by atomic mass is 32.3. The highest BCUT2D eigenvalue weighted by Gasteiger charge is 2.30. The number of carbonyl (C=O) groups is 1. The number of nitrogens with two attached hydrogens (primary N) is 1. The molecule has 0 radical (unpaired) electrons. The van der Waals surface area contributed by atoms with E-state index in [2.05, 4.69) is 4.74 Å². The van der Waals surface area contributed by atoms with Gasteiger partial charge in [0.1, 0.15) is 6.61 Å². The highest BCUT2D eigenvalue weighted by molar-refractivity contribution is 8.28. The van der Waals surface area contributed by atoms with E-state index in [-0.39, 0.29) is 11.5 Å². The topological polar surface area (TPSA) is 92.8 Å². The predicted octanol–water partition coefficient (Wildman–Crippen LogP) is 2.25. The largest absolute Gasteiger partial charge is 0.443 e. The Bertz CT molecular complexity index is 470. The number of rotatable bonds is 2. The van der Waals surface area contributed by atoms with Gasteiger partial charge in [-0.2, -0.15) is 0 Å².